The highest BCUT2D eigenvalue weighted by Crippen LogP contribution is 2.32. The van der Waals surface area contributed by atoms with E-state index < -0.39 is 16.9 Å². The molecule has 0 radical (unpaired) electrons. The van der Waals surface area contributed by atoms with Crippen molar-refractivity contribution in [3.8, 4) is 6.07 Å². The van der Waals surface area contributed by atoms with Crippen LogP contribution < -0.4 is 16.1 Å². The molecule has 0 spiro atoms. The second-order valence-corrected chi connectivity index (χ2v) is 12.6. The molecule has 1 amide bonds. The Morgan fingerprint density at radius 3 is 2.39 bits per heavy atom. The van der Waals surface area contributed by atoms with Crippen molar-refractivity contribution in [2.24, 2.45) is 7.05 Å². The van der Waals surface area contributed by atoms with Crippen LogP contribution in [0.3, 0.4) is 0 Å². The fraction of sp³-hybridized carbons (Fsp3) is 0.343. The molecule has 5 aromatic rings. The van der Waals surface area contributed by atoms with Gasteiger partial charge in [-0.25, -0.2) is 9.59 Å². The van der Waals surface area contributed by atoms with Crippen LogP contribution in [0.5, 0.6) is 0 Å². The van der Waals surface area contributed by atoms with Crippen molar-refractivity contribution in [3.63, 3.8) is 0 Å². The van der Waals surface area contributed by atoms with Crippen molar-refractivity contribution >= 4 is 33.7 Å². The lowest BCUT2D eigenvalue weighted by Gasteiger charge is -2.27. The van der Waals surface area contributed by atoms with Gasteiger partial charge in [-0.15, -0.1) is 0 Å². The zero-order chi connectivity index (χ0) is 32.6. The number of ether oxygens (including phenoxy) is 1. The summed E-state index contributed by atoms with van der Waals surface area (Å²) in [4.78, 5) is 49.5. The van der Waals surface area contributed by atoms with Gasteiger partial charge in [0.25, 0.3) is 5.56 Å². The number of pyridine rings is 1. The summed E-state index contributed by atoms with van der Waals surface area (Å²) in [7, 11) is 1.60. The van der Waals surface area contributed by atoms with Gasteiger partial charge in [-0.3, -0.25) is 18.9 Å². The Hall–Kier alpha value is -5.37. The van der Waals surface area contributed by atoms with E-state index in [1.807, 2.05) is 90.9 Å². The van der Waals surface area contributed by atoms with E-state index in [9.17, 15) is 19.6 Å². The number of anilines is 1. The van der Waals surface area contributed by atoms with Gasteiger partial charge in [-0.05, 0) is 44.2 Å². The first-order chi connectivity index (χ1) is 22.1. The molecule has 0 atom stereocenters. The van der Waals surface area contributed by atoms with Crippen LogP contribution in [-0.4, -0.2) is 61.5 Å². The first-order valence-electron chi connectivity index (χ1n) is 15.4. The van der Waals surface area contributed by atoms with Crippen LogP contribution in [-0.2, 0) is 24.9 Å². The molecule has 11 nitrogen and oxygen atoms in total. The summed E-state index contributed by atoms with van der Waals surface area (Å²) in [6.45, 7) is 7.63. The normalized spacial score (nSPS) is 14.0. The molecule has 3 aromatic heterocycles. The molecule has 1 fully saturated rings. The van der Waals surface area contributed by atoms with Gasteiger partial charge in [0.2, 0.25) is 0 Å². The second kappa shape index (κ2) is 12.2. The third kappa shape index (κ3) is 5.74. The first-order valence-corrected chi connectivity index (χ1v) is 15.4. The monoisotopic (exact) mass is 619 g/mol. The minimum absolute atomic E-state index is 0.0227. The highest BCUT2D eigenvalue weighted by atomic mass is 16.6. The third-order valence-electron chi connectivity index (χ3n) is 8.32. The van der Waals surface area contributed by atoms with Crippen LogP contribution in [0.15, 0.2) is 76.4 Å². The molecule has 236 valence electrons. The Morgan fingerprint density at radius 2 is 1.65 bits per heavy atom. The van der Waals surface area contributed by atoms with E-state index in [1.54, 1.807) is 18.1 Å². The summed E-state index contributed by atoms with van der Waals surface area (Å²) >= 11 is 0. The van der Waals surface area contributed by atoms with Gasteiger partial charge in [0.05, 0.1) is 17.8 Å². The number of carbonyl (C=O) groups excluding carboxylic acids is 1. The number of aryl methyl sites for hydroxylation is 1. The Balaban J connectivity index is 1.51. The fourth-order valence-electron chi connectivity index (χ4n) is 6.22. The molecule has 1 aliphatic heterocycles. The summed E-state index contributed by atoms with van der Waals surface area (Å²) < 4.78 is 10.1. The average Bonchev–Trinajstić information content (AvgIpc) is 3.16. The molecule has 0 aliphatic carbocycles. The number of nitrogens with zero attached hydrogens (tertiary/aromatic N) is 7. The molecular formula is C35H37N7O4. The predicted octanol–water partition coefficient (Wildman–Crippen LogP) is 4.47. The van der Waals surface area contributed by atoms with E-state index in [4.69, 9.17) is 4.74 Å². The van der Waals surface area contributed by atoms with E-state index >= 15 is 0 Å². The van der Waals surface area contributed by atoms with Gasteiger partial charge >= 0.3 is 11.8 Å². The summed E-state index contributed by atoms with van der Waals surface area (Å²) in [6.07, 6.45) is 1.93. The number of benzene rings is 2. The molecule has 0 N–H and O–H groups in total. The Bertz CT molecular complexity index is 2090. The fourth-order valence-corrected chi connectivity index (χ4v) is 6.22. The maximum atomic E-state index is 14.5. The number of rotatable bonds is 5. The Morgan fingerprint density at radius 1 is 0.913 bits per heavy atom. The second-order valence-electron chi connectivity index (χ2n) is 12.6. The lowest BCUT2D eigenvalue weighted by atomic mass is 10.1. The number of amides is 1. The molecular weight excluding hydrogens is 582 g/mol. The molecule has 0 unspecified atom stereocenters. The van der Waals surface area contributed by atoms with Crippen LogP contribution in [0, 0.1) is 11.3 Å². The molecule has 4 heterocycles. The summed E-state index contributed by atoms with van der Waals surface area (Å²) in [5, 5.41) is 12.4. The maximum absolute atomic E-state index is 14.5. The van der Waals surface area contributed by atoms with Crippen molar-refractivity contribution in [2.75, 3.05) is 31.1 Å². The van der Waals surface area contributed by atoms with E-state index in [0.29, 0.717) is 56.2 Å². The van der Waals surface area contributed by atoms with Crippen molar-refractivity contribution in [3.05, 3.63) is 105 Å². The first kappa shape index (κ1) is 30.6. The lowest BCUT2D eigenvalue weighted by molar-refractivity contribution is 0.0263. The molecule has 46 heavy (non-hydrogen) atoms. The predicted molar refractivity (Wildman–Crippen MR) is 177 cm³/mol. The molecule has 6 rings (SSSR count). The number of hydrogen-bond acceptors (Lipinski definition) is 7. The van der Waals surface area contributed by atoms with Crippen LogP contribution in [0.4, 0.5) is 10.6 Å². The minimum Gasteiger partial charge on any atom is -0.444 e. The molecule has 1 aliphatic rings. The summed E-state index contributed by atoms with van der Waals surface area (Å²) in [5.41, 5.74) is 0.717. The Kier molecular flexibility index (Phi) is 8.13. The number of hydrogen-bond donors (Lipinski definition) is 0. The molecule has 2 aromatic carbocycles. The number of fused-ring (bicyclic) bond motifs is 2. The van der Waals surface area contributed by atoms with Gasteiger partial charge < -0.3 is 19.1 Å². The SMILES string of the molecule is Cn1c(=O)n(Cc2nccc3ccccc23)c(=O)c2c1c(C#N)c(N1CCCN(C(=O)OC(C)(C)C)CC1)n2Cc1ccccc1. The highest BCUT2D eigenvalue weighted by Gasteiger charge is 2.31. The summed E-state index contributed by atoms with van der Waals surface area (Å²) in [6, 6.07) is 21.7. The zero-order valence-corrected chi connectivity index (χ0v) is 26.6. The quantitative estimate of drug-likeness (QED) is 0.285. The van der Waals surface area contributed by atoms with Gasteiger partial charge in [0.1, 0.15) is 28.6 Å². The van der Waals surface area contributed by atoms with Crippen LogP contribution in [0.1, 0.15) is 44.0 Å². The van der Waals surface area contributed by atoms with Gasteiger partial charge in [-0.1, -0.05) is 54.6 Å². The minimum atomic E-state index is -0.620. The number of nitriles is 1. The Labute approximate surface area is 266 Å². The largest absolute Gasteiger partial charge is 0.444 e. The zero-order valence-electron chi connectivity index (χ0n) is 26.6. The smallest absolute Gasteiger partial charge is 0.410 e. The van der Waals surface area contributed by atoms with Crippen LogP contribution in [0.25, 0.3) is 21.8 Å². The number of carbonyl (C=O) groups is 1. The van der Waals surface area contributed by atoms with E-state index in [2.05, 4.69) is 11.1 Å². The average molecular weight is 620 g/mol. The van der Waals surface area contributed by atoms with Gasteiger partial charge in [0, 0.05) is 51.4 Å². The van der Waals surface area contributed by atoms with Gasteiger partial charge in [-0.2, -0.15) is 5.26 Å². The van der Waals surface area contributed by atoms with Gasteiger partial charge in [0.15, 0.2) is 0 Å². The van der Waals surface area contributed by atoms with E-state index in [-0.39, 0.29) is 23.7 Å². The lowest BCUT2D eigenvalue weighted by Crippen LogP contribution is -2.40. The highest BCUT2D eigenvalue weighted by molar-refractivity contribution is 5.90. The van der Waals surface area contributed by atoms with E-state index in [1.165, 1.54) is 9.13 Å². The molecule has 0 bridgehead atoms. The number of aromatic nitrogens is 4. The molecule has 0 saturated carbocycles. The molecule has 1 saturated heterocycles. The topological polar surface area (TPSA) is 118 Å². The maximum Gasteiger partial charge on any atom is 0.410 e. The van der Waals surface area contributed by atoms with Crippen molar-refractivity contribution in [1.82, 2.24) is 23.6 Å². The van der Waals surface area contributed by atoms with E-state index in [0.717, 1.165) is 16.3 Å². The van der Waals surface area contributed by atoms with Crippen molar-refractivity contribution < 1.29 is 9.53 Å². The van der Waals surface area contributed by atoms with Crippen molar-refractivity contribution in [1.29, 1.82) is 5.26 Å². The van der Waals surface area contributed by atoms with Crippen LogP contribution >= 0.6 is 0 Å². The van der Waals surface area contributed by atoms with Crippen molar-refractivity contribution in [2.45, 2.75) is 45.9 Å². The third-order valence-corrected chi connectivity index (χ3v) is 8.32. The molecule has 11 heteroatoms. The summed E-state index contributed by atoms with van der Waals surface area (Å²) in [5.74, 6) is 0.556. The standard InChI is InChI=1S/C35H37N7O4/c1-35(2,3)46-34(45)40-18-10-17-39(19-20-40)31-27(21-36)29-30(41(31)22-24-11-6-5-7-12-24)32(43)42(33(44)38(29)4)23-28-26-14-9-8-13-25(26)15-16-37-28/h5-9,11-16H,10,17-20,22-23H2,1-4H3. The van der Waals surface area contributed by atoms with Crippen LogP contribution in [0.2, 0.25) is 0 Å².